The minimum Gasteiger partial charge on any atom is -0.318 e. The maximum Gasteiger partial charge on any atom is 0.0672 e. The molecule has 1 aromatic heterocycles. The van der Waals surface area contributed by atoms with Gasteiger partial charge in [0.1, 0.15) is 0 Å². The minimum atomic E-state index is 0.896. The summed E-state index contributed by atoms with van der Waals surface area (Å²) in [7, 11) is 1.95. The summed E-state index contributed by atoms with van der Waals surface area (Å²) in [5.74, 6) is 0. The molecule has 2 aromatic rings. The zero-order valence-electron chi connectivity index (χ0n) is 11.0. The van der Waals surface area contributed by atoms with Crippen LogP contribution < -0.4 is 5.32 Å². The van der Waals surface area contributed by atoms with Crippen molar-refractivity contribution in [1.29, 1.82) is 0 Å². The van der Waals surface area contributed by atoms with Gasteiger partial charge in [-0.2, -0.15) is 5.10 Å². The maximum absolute atomic E-state index is 4.55. The van der Waals surface area contributed by atoms with Crippen LogP contribution in [0.5, 0.6) is 0 Å². The molecule has 0 saturated carbocycles. The highest BCUT2D eigenvalue weighted by atomic mass is 79.9. The second kappa shape index (κ2) is 5.67. The monoisotopic (exact) mass is 307 g/mol. The first-order chi connectivity index (χ1) is 8.61. The summed E-state index contributed by atoms with van der Waals surface area (Å²) in [5, 5.41) is 7.69. The van der Waals surface area contributed by atoms with Crippen LogP contribution in [0, 0.1) is 13.8 Å². The summed E-state index contributed by atoms with van der Waals surface area (Å²) in [6.07, 6.45) is 2.13. The van der Waals surface area contributed by atoms with Crippen molar-refractivity contribution in [3.8, 4) is 11.1 Å². The Balaban J connectivity index is 2.35. The summed E-state index contributed by atoms with van der Waals surface area (Å²) in [6.45, 7) is 6.02. The van der Waals surface area contributed by atoms with Gasteiger partial charge in [0.25, 0.3) is 0 Å². The van der Waals surface area contributed by atoms with Crippen molar-refractivity contribution in [2.45, 2.75) is 20.4 Å². The van der Waals surface area contributed by atoms with Crippen molar-refractivity contribution in [2.75, 3.05) is 13.6 Å². The van der Waals surface area contributed by atoms with Crippen LogP contribution in [-0.2, 0) is 6.54 Å². The molecule has 0 bridgehead atoms. The first-order valence-electron chi connectivity index (χ1n) is 6.07. The first-order valence-corrected chi connectivity index (χ1v) is 6.86. The third kappa shape index (κ3) is 2.82. The molecule has 0 atom stereocenters. The van der Waals surface area contributed by atoms with E-state index in [1.807, 2.05) is 11.7 Å². The van der Waals surface area contributed by atoms with Crippen LogP contribution in [0.3, 0.4) is 0 Å². The van der Waals surface area contributed by atoms with Gasteiger partial charge in [0.15, 0.2) is 0 Å². The third-order valence-corrected chi connectivity index (χ3v) is 3.51. The van der Waals surface area contributed by atoms with E-state index < -0.39 is 0 Å². The van der Waals surface area contributed by atoms with Gasteiger partial charge in [0.05, 0.1) is 12.2 Å². The zero-order valence-corrected chi connectivity index (χ0v) is 12.6. The number of aromatic nitrogens is 2. The number of aryl methyl sites for hydroxylation is 2. The van der Waals surface area contributed by atoms with Crippen molar-refractivity contribution in [3.05, 3.63) is 40.1 Å². The highest BCUT2D eigenvalue weighted by Gasteiger charge is 2.09. The highest BCUT2D eigenvalue weighted by Crippen LogP contribution is 2.28. The lowest BCUT2D eigenvalue weighted by Crippen LogP contribution is -2.15. The number of halogens is 1. The second-order valence-electron chi connectivity index (χ2n) is 4.45. The molecular formula is C14H18BrN3. The van der Waals surface area contributed by atoms with Crippen LogP contribution >= 0.6 is 15.9 Å². The fourth-order valence-corrected chi connectivity index (χ4v) is 2.53. The molecule has 0 amide bonds. The number of hydrogen-bond donors (Lipinski definition) is 1. The van der Waals surface area contributed by atoms with Crippen LogP contribution in [0.4, 0.5) is 0 Å². The van der Waals surface area contributed by atoms with E-state index in [0.29, 0.717) is 0 Å². The molecule has 0 aliphatic rings. The summed E-state index contributed by atoms with van der Waals surface area (Å²) in [4.78, 5) is 0. The molecule has 3 nitrogen and oxygen atoms in total. The van der Waals surface area contributed by atoms with Crippen LogP contribution in [0.2, 0.25) is 0 Å². The predicted octanol–water partition coefficient (Wildman–Crippen LogP) is 3.15. The van der Waals surface area contributed by atoms with Crippen molar-refractivity contribution >= 4 is 15.9 Å². The molecule has 1 aromatic carbocycles. The van der Waals surface area contributed by atoms with Crippen molar-refractivity contribution in [1.82, 2.24) is 15.1 Å². The normalized spacial score (nSPS) is 10.9. The molecule has 18 heavy (non-hydrogen) atoms. The average Bonchev–Trinajstić information content (AvgIpc) is 2.68. The average molecular weight is 308 g/mol. The first kappa shape index (κ1) is 13.3. The molecule has 0 aliphatic carbocycles. The SMILES string of the molecule is CNCCn1cc(-c2ccc(Br)cc2C)c(C)n1. The molecule has 0 aliphatic heterocycles. The quantitative estimate of drug-likeness (QED) is 0.940. The van der Waals surface area contributed by atoms with Crippen LogP contribution in [0.25, 0.3) is 11.1 Å². The fourth-order valence-electron chi connectivity index (χ4n) is 2.05. The van der Waals surface area contributed by atoms with Crippen molar-refractivity contribution < 1.29 is 0 Å². The number of nitrogens with zero attached hydrogens (tertiary/aromatic N) is 2. The summed E-state index contributed by atoms with van der Waals surface area (Å²) >= 11 is 3.50. The minimum absolute atomic E-state index is 0.896. The smallest absolute Gasteiger partial charge is 0.0672 e. The van der Waals surface area contributed by atoms with E-state index in [4.69, 9.17) is 0 Å². The summed E-state index contributed by atoms with van der Waals surface area (Å²) in [5.41, 5.74) is 4.82. The molecule has 0 saturated heterocycles. The molecule has 4 heteroatoms. The van der Waals surface area contributed by atoms with Gasteiger partial charge >= 0.3 is 0 Å². The molecule has 1 N–H and O–H groups in total. The van der Waals surface area contributed by atoms with Gasteiger partial charge in [-0.1, -0.05) is 22.0 Å². The zero-order chi connectivity index (χ0) is 13.1. The van der Waals surface area contributed by atoms with Gasteiger partial charge in [-0.05, 0) is 44.2 Å². The highest BCUT2D eigenvalue weighted by molar-refractivity contribution is 9.10. The number of nitrogens with one attached hydrogen (secondary N) is 1. The number of benzene rings is 1. The molecule has 96 valence electrons. The molecular weight excluding hydrogens is 290 g/mol. The van der Waals surface area contributed by atoms with Gasteiger partial charge in [0.2, 0.25) is 0 Å². The standard InChI is InChI=1S/C14H18BrN3/c1-10-8-12(15)4-5-13(10)14-9-18(7-6-16-3)17-11(14)2/h4-5,8-9,16H,6-7H2,1-3H3. The Labute approximate surface area is 116 Å². The predicted molar refractivity (Wildman–Crippen MR) is 78.8 cm³/mol. The van der Waals surface area contributed by atoms with Crippen molar-refractivity contribution in [3.63, 3.8) is 0 Å². The summed E-state index contributed by atoms with van der Waals surface area (Å²) in [6, 6.07) is 6.36. The van der Waals surface area contributed by atoms with Crippen molar-refractivity contribution in [2.24, 2.45) is 0 Å². The number of rotatable bonds is 4. The van der Waals surface area contributed by atoms with E-state index in [2.05, 4.69) is 64.6 Å². The Morgan fingerprint density at radius 3 is 2.72 bits per heavy atom. The fraction of sp³-hybridized carbons (Fsp3) is 0.357. The van der Waals surface area contributed by atoms with E-state index >= 15 is 0 Å². The number of likely N-dealkylation sites (N-methyl/N-ethyl adjacent to an activating group) is 1. The lowest BCUT2D eigenvalue weighted by atomic mass is 10.0. The van der Waals surface area contributed by atoms with E-state index in [9.17, 15) is 0 Å². The third-order valence-electron chi connectivity index (χ3n) is 3.02. The van der Waals surface area contributed by atoms with Crippen LogP contribution in [0.15, 0.2) is 28.9 Å². The van der Waals surface area contributed by atoms with E-state index in [-0.39, 0.29) is 0 Å². The van der Waals surface area contributed by atoms with Gasteiger partial charge in [0, 0.05) is 22.8 Å². The van der Waals surface area contributed by atoms with E-state index in [1.54, 1.807) is 0 Å². The topological polar surface area (TPSA) is 29.9 Å². The van der Waals surface area contributed by atoms with Crippen LogP contribution in [0.1, 0.15) is 11.3 Å². The lowest BCUT2D eigenvalue weighted by molar-refractivity contribution is 0.581. The summed E-state index contributed by atoms with van der Waals surface area (Å²) < 4.78 is 3.12. The Hall–Kier alpha value is -1.13. The molecule has 0 fully saturated rings. The van der Waals surface area contributed by atoms with Gasteiger partial charge in [-0.15, -0.1) is 0 Å². The molecule has 0 spiro atoms. The Morgan fingerprint density at radius 2 is 2.06 bits per heavy atom. The van der Waals surface area contributed by atoms with Gasteiger partial charge in [-0.25, -0.2) is 0 Å². The molecule has 0 unspecified atom stereocenters. The lowest BCUT2D eigenvalue weighted by Gasteiger charge is -2.04. The van der Waals surface area contributed by atoms with E-state index in [1.165, 1.54) is 16.7 Å². The van der Waals surface area contributed by atoms with E-state index in [0.717, 1.165) is 23.3 Å². The Morgan fingerprint density at radius 1 is 1.28 bits per heavy atom. The second-order valence-corrected chi connectivity index (χ2v) is 5.37. The van der Waals surface area contributed by atoms with Gasteiger partial charge < -0.3 is 5.32 Å². The maximum atomic E-state index is 4.55. The largest absolute Gasteiger partial charge is 0.318 e. The molecule has 0 radical (unpaired) electrons. The Bertz CT molecular complexity index is 546. The number of hydrogen-bond acceptors (Lipinski definition) is 2. The molecule has 1 heterocycles. The molecule has 2 rings (SSSR count). The van der Waals surface area contributed by atoms with Crippen LogP contribution in [-0.4, -0.2) is 23.4 Å². The van der Waals surface area contributed by atoms with Gasteiger partial charge in [-0.3, -0.25) is 4.68 Å². The Kier molecular flexibility index (Phi) is 4.19.